The van der Waals surface area contributed by atoms with Crippen LogP contribution in [0.25, 0.3) is 0 Å². The fourth-order valence-corrected chi connectivity index (χ4v) is 2.61. The lowest BCUT2D eigenvalue weighted by Gasteiger charge is -2.14. The van der Waals surface area contributed by atoms with Crippen LogP contribution in [-0.4, -0.2) is 19.4 Å². The summed E-state index contributed by atoms with van der Waals surface area (Å²) in [6.45, 7) is 3.25. The molecule has 0 atom stereocenters. The van der Waals surface area contributed by atoms with Gasteiger partial charge in [-0.05, 0) is 25.5 Å². The van der Waals surface area contributed by atoms with Gasteiger partial charge in [0.15, 0.2) is 0 Å². The molecular formula is C9H12N2O3S. The molecule has 1 aromatic carbocycles. The number of nitrogens with zero attached hydrogens (tertiary/aromatic N) is 2. The average Bonchev–Trinajstić information content (AvgIpc) is 2.19. The molecule has 0 N–H and O–H groups in total. The SMILES string of the molecule is CCN(N=O)S(=O)(=O)c1ccccc1C. The second kappa shape index (κ2) is 4.39. The number of benzene rings is 1. The van der Waals surface area contributed by atoms with Crippen LogP contribution in [0, 0.1) is 11.8 Å². The van der Waals surface area contributed by atoms with Gasteiger partial charge in [0, 0.05) is 0 Å². The zero-order valence-electron chi connectivity index (χ0n) is 8.54. The van der Waals surface area contributed by atoms with Crippen molar-refractivity contribution in [2.45, 2.75) is 18.7 Å². The number of hydrogen-bond donors (Lipinski definition) is 0. The highest BCUT2D eigenvalue weighted by Crippen LogP contribution is 2.19. The van der Waals surface area contributed by atoms with Crippen molar-refractivity contribution in [1.82, 2.24) is 4.41 Å². The van der Waals surface area contributed by atoms with Gasteiger partial charge in [-0.15, -0.1) is 4.91 Å². The van der Waals surface area contributed by atoms with Crippen LogP contribution in [0.15, 0.2) is 34.4 Å². The van der Waals surface area contributed by atoms with Gasteiger partial charge in [-0.1, -0.05) is 18.2 Å². The Hall–Kier alpha value is -1.43. The summed E-state index contributed by atoms with van der Waals surface area (Å²) in [5.41, 5.74) is 0.597. The van der Waals surface area contributed by atoms with Gasteiger partial charge in [0.05, 0.1) is 16.7 Å². The minimum Gasteiger partial charge on any atom is -0.200 e. The largest absolute Gasteiger partial charge is 0.281 e. The van der Waals surface area contributed by atoms with Crippen LogP contribution in [0.3, 0.4) is 0 Å². The first-order valence-electron chi connectivity index (χ1n) is 4.45. The lowest BCUT2D eigenvalue weighted by atomic mass is 10.2. The summed E-state index contributed by atoms with van der Waals surface area (Å²) in [6, 6.07) is 6.47. The molecule has 0 aliphatic heterocycles. The molecular weight excluding hydrogens is 216 g/mol. The standard InChI is InChI=1S/C9H12N2O3S/c1-3-11(10-12)15(13,14)9-7-5-4-6-8(9)2/h4-7H,3H2,1-2H3. The van der Waals surface area contributed by atoms with E-state index in [2.05, 4.69) is 5.29 Å². The Bertz CT molecular complexity index is 456. The fourth-order valence-electron chi connectivity index (χ4n) is 1.23. The van der Waals surface area contributed by atoms with E-state index in [1.54, 1.807) is 32.0 Å². The van der Waals surface area contributed by atoms with Crippen molar-refractivity contribution < 1.29 is 8.42 Å². The van der Waals surface area contributed by atoms with Crippen molar-refractivity contribution in [1.29, 1.82) is 0 Å². The van der Waals surface area contributed by atoms with Gasteiger partial charge in [0.2, 0.25) is 0 Å². The molecule has 0 radical (unpaired) electrons. The summed E-state index contributed by atoms with van der Waals surface area (Å²) in [5.74, 6) is 0. The minimum absolute atomic E-state index is 0.0279. The lowest BCUT2D eigenvalue weighted by Crippen LogP contribution is -2.25. The molecule has 0 saturated carbocycles. The van der Waals surface area contributed by atoms with Gasteiger partial charge in [-0.3, -0.25) is 0 Å². The minimum atomic E-state index is -3.78. The third kappa shape index (κ3) is 2.15. The first-order valence-corrected chi connectivity index (χ1v) is 5.89. The van der Waals surface area contributed by atoms with Crippen LogP contribution in [0.4, 0.5) is 0 Å². The highest BCUT2D eigenvalue weighted by atomic mass is 32.2. The molecule has 1 aromatic rings. The monoisotopic (exact) mass is 228 g/mol. The average molecular weight is 228 g/mol. The zero-order valence-corrected chi connectivity index (χ0v) is 9.36. The van der Waals surface area contributed by atoms with E-state index >= 15 is 0 Å². The van der Waals surface area contributed by atoms with Gasteiger partial charge in [-0.2, -0.15) is 12.8 Å². The highest BCUT2D eigenvalue weighted by Gasteiger charge is 2.24. The first-order chi connectivity index (χ1) is 7.04. The Morgan fingerprint density at radius 2 is 1.93 bits per heavy atom. The van der Waals surface area contributed by atoms with E-state index in [1.165, 1.54) is 6.07 Å². The molecule has 0 aliphatic carbocycles. The Morgan fingerprint density at radius 3 is 2.40 bits per heavy atom. The molecule has 0 aliphatic rings. The molecule has 0 spiro atoms. The van der Waals surface area contributed by atoms with Gasteiger partial charge in [0.1, 0.15) is 0 Å². The summed E-state index contributed by atoms with van der Waals surface area (Å²) in [7, 11) is -3.78. The highest BCUT2D eigenvalue weighted by molar-refractivity contribution is 7.89. The molecule has 0 aromatic heterocycles. The predicted octanol–water partition coefficient (Wildman–Crippen LogP) is 1.69. The van der Waals surface area contributed by atoms with Crippen molar-refractivity contribution in [3.8, 4) is 0 Å². The molecule has 1 rings (SSSR count). The van der Waals surface area contributed by atoms with Gasteiger partial charge in [0.25, 0.3) is 10.0 Å². The van der Waals surface area contributed by atoms with Gasteiger partial charge >= 0.3 is 0 Å². The third-order valence-corrected chi connectivity index (χ3v) is 3.90. The molecule has 6 heteroatoms. The van der Waals surface area contributed by atoms with Crippen molar-refractivity contribution >= 4 is 10.0 Å². The summed E-state index contributed by atoms with van der Waals surface area (Å²) < 4.78 is 24.2. The Balaban J connectivity index is 3.28. The fraction of sp³-hybridized carbons (Fsp3) is 0.333. The van der Waals surface area contributed by atoms with E-state index in [9.17, 15) is 13.3 Å². The molecule has 5 nitrogen and oxygen atoms in total. The normalized spacial score (nSPS) is 11.1. The summed E-state index contributed by atoms with van der Waals surface area (Å²) in [4.78, 5) is 10.5. The molecule has 0 saturated heterocycles. The quantitative estimate of drug-likeness (QED) is 0.581. The Kier molecular flexibility index (Phi) is 3.41. The smallest absolute Gasteiger partial charge is 0.200 e. The van der Waals surface area contributed by atoms with E-state index in [0.717, 1.165) is 0 Å². The summed E-state index contributed by atoms with van der Waals surface area (Å²) in [6.07, 6.45) is 0. The second-order valence-electron chi connectivity index (χ2n) is 2.99. The number of nitroso groups, excluding NO2 is 1. The Morgan fingerprint density at radius 1 is 1.33 bits per heavy atom. The van der Waals surface area contributed by atoms with Crippen LogP contribution in [-0.2, 0) is 10.0 Å². The lowest BCUT2D eigenvalue weighted by molar-refractivity contribution is 0.443. The molecule has 0 amide bonds. The predicted molar refractivity (Wildman–Crippen MR) is 56.5 cm³/mol. The maximum absolute atomic E-state index is 11.8. The molecule has 0 bridgehead atoms. The topological polar surface area (TPSA) is 66.8 Å². The van der Waals surface area contributed by atoms with E-state index in [-0.39, 0.29) is 11.4 Å². The van der Waals surface area contributed by atoms with Gasteiger partial charge in [-0.25, -0.2) is 0 Å². The van der Waals surface area contributed by atoms with Crippen LogP contribution >= 0.6 is 0 Å². The summed E-state index contributed by atoms with van der Waals surface area (Å²) >= 11 is 0. The second-order valence-corrected chi connectivity index (χ2v) is 4.80. The third-order valence-electron chi connectivity index (χ3n) is 2.01. The number of rotatable bonds is 4. The number of hydrogen-bond acceptors (Lipinski definition) is 4. The first kappa shape index (κ1) is 11.6. The number of sulfonamides is 1. The van der Waals surface area contributed by atoms with Crippen LogP contribution in [0.1, 0.15) is 12.5 Å². The van der Waals surface area contributed by atoms with Crippen molar-refractivity contribution in [3.05, 3.63) is 34.7 Å². The van der Waals surface area contributed by atoms with Crippen LogP contribution < -0.4 is 0 Å². The van der Waals surface area contributed by atoms with Crippen molar-refractivity contribution in [2.24, 2.45) is 5.29 Å². The molecule has 0 unspecified atom stereocenters. The van der Waals surface area contributed by atoms with E-state index in [0.29, 0.717) is 9.98 Å². The summed E-state index contributed by atoms with van der Waals surface area (Å²) in [5, 5.41) is 2.49. The van der Waals surface area contributed by atoms with Crippen molar-refractivity contribution in [3.63, 3.8) is 0 Å². The van der Waals surface area contributed by atoms with E-state index in [4.69, 9.17) is 0 Å². The van der Waals surface area contributed by atoms with Crippen molar-refractivity contribution in [2.75, 3.05) is 6.54 Å². The van der Waals surface area contributed by atoms with E-state index in [1.807, 2.05) is 0 Å². The van der Waals surface area contributed by atoms with Crippen LogP contribution in [0.5, 0.6) is 0 Å². The van der Waals surface area contributed by atoms with E-state index < -0.39 is 10.0 Å². The van der Waals surface area contributed by atoms with Gasteiger partial charge < -0.3 is 0 Å². The van der Waals surface area contributed by atoms with Crippen LogP contribution in [0.2, 0.25) is 0 Å². The maximum atomic E-state index is 11.8. The molecule has 82 valence electrons. The molecule has 0 heterocycles. The molecule has 0 fully saturated rings. The maximum Gasteiger partial charge on any atom is 0.281 e. The Labute approximate surface area is 88.7 Å². The molecule has 15 heavy (non-hydrogen) atoms. The zero-order chi connectivity index (χ0) is 11.5. The number of aryl methyl sites for hydroxylation is 1.